The van der Waals surface area contributed by atoms with Crippen LogP contribution in [0, 0.1) is 0 Å². The van der Waals surface area contributed by atoms with Crippen molar-refractivity contribution in [3.63, 3.8) is 0 Å². The summed E-state index contributed by atoms with van der Waals surface area (Å²) in [4.78, 5) is 15.8. The first-order valence-corrected chi connectivity index (χ1v) is 12.0. The topological polar surface area (TPSA) is 108 Å². The fraction of sp³-hybridized carbons (Fsp3) is 0.227. The molecule has 0 radical (unpaired) electrons. The zero-order valence-electron chi connectivity index (χ0n) is 17.6. The fourth-order valence-corrected chi connectivity index (χ4v) is 5.30. The third-order valence-electron chi connectivity index (χ3n) is 5.42. The van der Waals surface area contributed by atoms with Crippen molar-refractivity contribution in [2.75, 3.05) is 26.2 Å². The van der Waals surface area contributed by atoms with E-state index in [1.54, 1.807) is 17.0 Å². The molecule has 1 aliphatic heterocycles. The molecule has 0 spiro atoms. The third-order valence-corrected chi connectivity index (χ3v) is 7.30. The van der Waals surface area contributed by atoms with Gasteiger partial charge in [-0.15, -0.1) is 11.3 Å². The van der Waals surface area contributed by atoms with Crippen LogP contribution >= 0.6 is 11.3 Å². The summed E-state index contributed by atoms with van der Waals surface area (Å²) in [5, 5.41) is 7.13. The van der Waals surface area contributed by atoms with Crippen molar-refractivity contribution in [1.29, 1.82) is 0 Å². The lowest BCUT2D eigenvalue weighted by atomic mass is 9.80. The second-order valence-corrected chi connectivity index (χ2v) is 9.68. The lowest BCUT2D eigenvalue weighted by Gasteiger charge is -2.47. The summed E-state index contributed by atoms with van der Waals surface area (Å²) in [6.45, 7) is 0. The van der Waals surface area contributed by atoms with Gasteiger partial charge in [-0.25, -0.2) is 13.6 Å². The first-order chi connectivity index (χ1) is 15.3. The van der Waals surface area contributed by atoms with E-state index in [4.69, 9.17) is 19.3 Å². The minimum absolute atomic E-state index is 0.0200. The molecule has 1 saturated heterocycles. The molecule has 0 saturated carbocycles. The molecule has 2 heterocycles. The number of carbonyl (C=O) groups is 1. The van der Waals surface area contributed by atoms with Crippen molar-refractivity contribution in [1.82, 2.24) is 0 Å². The summed E-state index contributed by atoms with van der Waals surface area (Å²) >= 11 is 1.51. The van der Waals surface area contributed by atoms with Gasteiger partial charge in [-0.2, -0.15) is 0 Å². The van der Waals surface area contributed by atoms with E-state index in [-0.39, 0.29) is 16.8 Å². The van der Waals surface area contributed by atoms with Gasteiger partial charge >= 0.3 is 0 Å². The minimum Gasteiger partial charge on any atom is -0.493 e. The Morgan fingerprint density at radius 3 is 2.06 bits per heavy atom. The molecular formula is C22H22N2O6S2. The highest BCUT2D eigenvalue weighted by atomic mass is 32.2. The number of nitrogens with two attached hydrogens (primary N) is 1. The van der Waals surface area contributed by atoms with Gasteiger partial charge in [0, 0.05) is 10.6 Å². The number of amides is 1. The zero-order chi connectivity index (χ0) is 23.0. The maximum absolute atomic E-state index is 13.3. The molecule has 3 aromatic rings. The number of rotatable bonds is 7. The number of thiophene rings is 1. The predicted octanol–water partition coefficient (Wildman–Crippen LogP) is 3.29. The second kappa shape index (κ2) is 8.45. The van der Waals surface area contributed by atoms with Crippen molar-refractivity contribution in [3.05, 3.63) is 64.4 Å². The largest absolute Gasteiger partial charge is 0.493 e. The molecule has 0 aliphatic carbocycles. The average molecular weight is 475 g/mol. The van der Waals surface area contributed by atoms with Gasteiger partial charge in [0.1, 0.15) is 0 Å². The van der Waals surface area contributed by atoms with Crippen LogP contribution in [0.15, 0.2) is 58.8 Å². The Bertz CT molecular complexity index is 1210. The molecule has 4 rings (SSSR count). The van der Waals surface area contributed by atoms with Crippen LogP contribution in [-0.2, 0) is 14.8 Å². The van der Waals surface area contributed by atoms with E-state index in [1.807, 2.05) is 29.6 Å². The van der Waals surface area contributed by atoms with Gasteiger partial charge in [0.05, 0.1) is 38.2 Å². The van der Waals surface area contributed by atoms with Crippen LogP contribution in [0.5, 0.6) is 17.2 Å². The highest BCUT2D eigenvalue weighted by Gasteiger charge is 2.50. The molecule has 168 valence electrons. The number of carbonyl (C=O) groups excluding carboxylic acids is 1. The number of ether oxygens (including phenoxy) is 3. The molecule has 32 heavy (non-hydrogen) atoms. The minimum atomic E-state index is -3.83. The summed E-state index contributed by atoms with van der Waals surface area (Å²) < 4.78 is 39.7. The molecule has 1 aromatic heterocycles. The van der Waals surface area contributed by atoms with E-state index >= 15 is 0 Å². The van der Waals surface area contributed by atoms with E-state index in [1.165, 1.54) is 44.8 Å². The van der Waals surface area contributed by atoms with Crippen LogP contribution < -0.4 is 24.2 Å². The number of methoxy groups -OCH3 is 3. The normalized spacial score (nSPS) is 18.2. The Hall–Kier alpha value is -3.08. The number of primary sulfonamides is 1. The molecule has 0 bridgehead atoms. The number of hydrogen-bond acceptors (Lipinski definition) is 7. The highest BCUT2D eigenvalue weighted by molar-refractivity contribution is 7.89. The van der Waals surface area contributed by atoms with Gasteiger partial charge in [0.25, 0.3) is 0 Å². The van der Waals surface area contributed by atoms with Gasteiger partial charge in [-0.3, -0.25) is 4.79 Å². The van der Waals surface area contributed by atoms with Crippen molar-refractivity contribution < 1.29 is 27.4 Å². The molecule has 1 fully saturated rings. The fourth-order valence-electron chi connectivity index (χ4n) is 3.93. The Morgan fingerprint density at radius 1 is 0.969 bits per heavy atom. The molecule has 2 N–H and O–H groups in total. The first-order valence-electron chi connectivity index (χ1n) is 9.59. The van der Waals surface area contributed by atoms with E-state index in [0.717, 1.165) is 10.4 Å². The molecule has 2 atom stereocenters. The van der Waals surface area contributed by atoms with E-state index in [9.17, 15) is 13.2 Å². The zero-order valence-corrected chi connectivity index (χ0v) is 19.3. The van der Waals surface area contributed by atoms with Crippen LogP contribution in [0.25, 0.3) is 0 Å². The SMILES string of the molecule is COc1cc([C@H]2[C@H](c3cccs3)C(=O)N2c2ccc(S(N)(=O)=O)cc2)cc(OC)c1OC. The van der Waals surface area contributed by atoms with Gasteiger partial charge in [0.2, 0.25) is 21.7 Å². The van der Waals surface area contributed by atoms with Crippen LogP contribution in [0.1, 0.15) is 22.4 Å². The van der Waals surface area contributed by atoms with Crippen LogP contribution in [0.3, 0.4) is 0 Å². The van der Waals surface area contributed by atoms with Gasteiger partial charge < -0.3 is 19.1 Å². The quantitative estimate of drug-likeness (QED) is 0.527. The maximum atomic E-state index is 13.3. The summed E-state index contributed by atoms with van der Waals surface area (Å²) in [5.74, 6) is 0.942. The molecule has 1 aliphatic rings. The smallest absolute Gasteiger partial charge is 0.238 e. The molecule has 8 nitrogen and oxygen atoms in total. The number of nitrogens with zero attached hydrogens (tertiary/aromatic N) is 1. The number of anilines is 1. The summed E-state index contributed by atoms with van der Waals surface area (Å²) in [6, 6.07) is 13.1. The standard InChI is InChI=1S/C22H22N2O6S2/c1-28-16-11-13(12-17(29-2)21(16)30-3)20-19(18-5-4-10-31-18)22(25)24(20)14-6-8-15(9-7-14)32(23,26)27/h4-12,19-20H,1-3H3,(H2,23,26,27)/t19-,20-/m0/s1. The van der Waals surface area contributed by atoms with Crippen molar-refractivity contribution in [3.8, 4) is 17.2 Å². The lowest BCUT2D eigenvalue weighted by Crippen LogP contribution is -2.53. The maximum Gasteiger partial charge on any atom is 0.238 e. The molecule has 1 amide bonds. The molecule has 0 unspecified atom stereocenters. The molecule has 2 aromatic carbocycles. The Labute approximate surface area is 190 Å². The van der Waals surface area contributed by atoms with Crippen LogP contribution in [0.2, 0.25) is 0 Å². The lowest BCUT2D eigenvalue weighted by molar-refractivity contribution is -0.126. The number of sulfonamides is 1. The van der Waals surface area contributed by atoms with Crippen LogP contribution in [-0.4, -0.2) is 35.7 Å². The van der Waals surface area contributed by atoms with E-state index in [0.29, 0.717) is 22.9 Å². The van der Waals surface area contributed by atoms with Gasteiger partial charge in [-0.05, 0) is 53.4 Å². The van der Waals surface area contributed by atoms with E-state index < -0.39 is 15.9 Å². The van der Waals surface area contributed by atoms with Crippen LogP contribution in [0.4, 0.5) is 5.69 Å². The first kappa shape index (κ1) is 22.1. The molecule has 10 heteroatoms. The predicted molar refractivity (Wildman–Crippen MR) is 121 cm³/mol. The van der Waals surface area contributed by atoms with Gasteiger partial charge in [0.15, 0.2) is 11.5 Å². The summed E-state index contributed by atoms with van der Waals surface area (Å²) in [5.41, 5.74) is 1.36. The van der Waals surface area contributed by atoms with Crippen molar-refractivity contribution >= 4 is 33.0 Å². The number of β-lactam (4-membered cyclic amide) rings is 1. The monoisotopic (exact) mass is 474 g/mol. The van der Waals surface area contributed by atoms with Gasteiger partial charge in [-0.1, -0.05) is 6.07 Å². The summed E-state index contributed by atoms with van der Waals surface area (Å²) in [7, 11) is 0.765. The average Bonchev–Trinajstić information content (AvgIpc) is 3.30. The van der Waals surface area contributed by atoms with Crippen molar-refractivity contribution in [2.24, 2.45) is 5.14 Å². The number of hydrogen-bond donors (Lipinski definition) is 1. The summed E-state index contributed by atoms with van der Waals surface area (Å²) in [6.07, 6.45) is 0. The highest BCUT2D eigenvalue weighted by Crippen LogP contribution is 2.52. The van der Waals surface area contributed by atoms with E-state index in [2.05, 4.69) is 0 Å². The number of benzene rings is 2. The van der Waals surface area contributed by atoms with Crippen molar-refractivity contribution in [2.45, 2.75) is 16.9 Å². The second-order valence-electron chi connectivity index (χ2n) is 7.14. The molecular weight excluding hydrogens is 452 g/mol. The third kappa shape index (κ3) is 3.70. The Balaban J connectivity index is 1.82. The Morgan fingerprint density at radius 2 is 1.59 bits per heavy atom. The Kier molecular flexibility index (Phi) is 5.85.